The van der Waals surface area contributed by atoms with E-state index in [2.05, 4.69) is 26.7 Å². The van der Waals surface area contributed by atoms with Crippen molar-refractivity contribution in [1.82, 2.24) is 4.90 Å². The monoisotopic (exact) mass is 235 g/mol. The second kappa shape index (κ2) is 3.99. The number of ether oxygens (including phenoxy) is 1. The van der Waals surface area contributed by atoms with Crippen LogP contribution < -0.4 is 0 Å². The molecular formula is C14H26BNO. The van der Waals surface area contributed by atoms with Gasteiger partial charge < -0.3 is 4.74 Å². The van der Waals surface area contributed by atoms with E-state index in [1.807, 2.05) is 0 Å². The van der Waals surface area contributed by atoms with Gasteiger partial charge in [0.25, 0.3) is 0 Å². The van der Waals surface area contributed by atoms with Crippen molar-refractivity contribution >= 4 is 7.85 Å². The zero-order chi connectivity index (χ0) is 12.1. The van der Waals surface area contributed by atoms with Crippen molar-refractivity contribution in [2.24, 2.45) is 11.8 Å². The molecule has 0 N–H and O–H groups in total. The molecule has 0 amide bonds. The van der Waals surface area contributed by atoms with Crippen molar-refractivity contribution in [2.75, 3.05) is 26.8 Å². The van der Waals surface area contributed by atoms with Gasteiger partial charge in [-0.1, -0.05) is 31.5 Å². The first-order valence-electron chi connectivity index (χ1n) is 7.33. The van der Waals surface area contributed by atoms with Crippen LogP contribution in [0.4, 0.5) is 0 Å². The number of likely N-dealkylation sites (tertiary alicyclic amines) is 1. The van der Waals surface area contributed by atoms with Gasteiger partial charge in [-0.2, -0.15) is 0 Å². The summed E-state index contributed by atoms with van der Waals surface area (Å²) in [4.78, 5) is 2.61. The fourth-order valence-electron chi connectivity index (χ4n) is 4.35. The number of rotatable bonds is 0. The Hall–Kier alpha value is -0.0151. The SMILES string of the molecule is BC1(C)CCC2CCN(C)C3(COC3)C2CC1. The number of piperidine rings is 1. The zero-order valence-corrected chi connectivity index (χ0v) is 11.7. The van der Waals surface area contributed by atoms with E-state index in [0.717, 1.165) is 25.0 Å². The maximum absolute atomic E-state index is 5.59. The first-order chi connectivity index (χ1) is 8.04. The minimum atomic E-state index is 0.420. The van der Waals surface area contributed by atoms with Gasteiger partial charge in [-0.15, -0.1) is 0 Å². The van der Waals surface area contributed by atoms with Crippen molar-refractivity contribution in [1.29, 1.82) is 0 Å². The molecule has 3 aliphatic rings. The summed E-state index contributed by atoms with van der Waals surface area (Å²) in [6, 6.07) is 0. The fourth-order valence-corrected chi connectivity index (χ4v) is 4.35. The van der Waals surface area contributed by atoms with Crippen LogP contribution in [0.25, 0.3) is 0 Å². The molecule has 1 aliphatic carbocycles. The Labute approximate surface area is 106 Å². The summed E-state index contributed by atoms with van der Waals surface area (Å²) >= 11 is 0. The summed E-state index contributed by atoms with van der Waals surface area (Å²) < 4.78 is 5.59. The molecule has 2 nitrogen and oxygen atoms in total. The lowest BCUT2D eigenvalue weighted by atomic mass is 9.65. The Morgan fingerprint density at radius 2 is 1.88 bits per heavy atom. The van der Waals surface area contributed by atoms with Crippen LogP contribution in [0.3, 0.4) is 0 Å². The van der Waals surface area contributed by atoms with Gasteiger partial charge >= 0.3 is 0 Å². The molecule has 0 aromatic heterocycles. The normalized spacial score (nSPS) is 46.0. The highest BCUT2D eigenvalue weighted by Gasteiger charge is 2.54. The van der Waals surface area contributed by atoms with Crippen LogP contribution in [0.15, 0.2) is 0 Å². The van der Waals surface area contributed by atoms with Crippen LogP contribution in [0.2, 0.25) is 5.31 Å². The molecule has 3 fully saturated rings. The first kappa shape index (κ1) is 12.0. The van der Waals surface area contributed by atoms with Crippen molar-refractivity contribution in [3.63, 3.8) is 0 Å². The lowest BCUT2D eigenvalue weighted by Crippen LogP contribution is -2.69. The minimum absolute atomic E-state index is 0.420. The summed E-state index contributed by atoms with van der Waals surface area (Å²) in [5, 5.41) is 0.571. The van der Waals surface area contributed by atoms with E-state index in [4.69, 9.17) is 4.74 Å². The molecule has 0 aromatic rings. The topological polar surface area (TPSA) is 12.5 Å². The van der Waals surface area contributed by atoms with Gasteiger partial charge in [0.05, 0.1) is 18.8 Å². The van der Waals surface area contributed by atoms with Gasteiger partial charge in [-0.05, 0) is 38.3 Å². The van der Waals surface area contributed by atoms with Crippen molar-refractivity contribution in [2.45, 2.75) is 49.9 Å². The van der Waals surface area contributed by atoms with E-state index in [0.29, 0.717) is 10.9 Å². The van der Waals surface area contributed by atoms with E-state index in [9.17, 15) is 0 Å². The van der Waals surface area contributed by atoms with E-state index in [1.54, 1.807) is 0 Å². The Kier molecular flexibility index (Phi) is 2.83. The third kappa shape index (κ3) is 1.86. The van der Waals surface area contributed by atoms with Gasteiger partial charge in [0.1, 0.15) is 7.85 Å². The summed E-state index contributed by atoms with van der Waals surface area (Å²) in [5.74, 6) is 1.87. The molecule has 3 atom stereocenters. The second-order valence-corrected chi connectivity index (χ2v) is 7.41. The van der Waals surface area contributed by atoms with E-state index in [-0.39, 0.29) is 0 Å². The van der Waals surface area contributed by atoms with Gasteiger partial charge in [-0.3, -0.25) is 4.90 Å². The van der Waals surface area contributed by atoms with E-state index < -0.39 is 0 Å². The Morgan fingerprint density at radius 3 is 2.53 bits per heavy atom. The van der Waals surface area contributed by atoms with E-state index in [1.165, 1.54) is 38.6 Å². The Morgan fingerprint density at radius 1 is 1.18 bits per heavy atom. The molecule has 2 saturated heterocycles. The summed E-state index contributed by atoms with van der Waals surface area (Å²) in [6.07, 6.45) is 7.12. The first-order valence-corrected chi connectivity index (χ1v) is 7.33. The maximum atomic E-state index is 5.59. The lowest BCUT2D eigenvalue weighted by Gasteiger charge is -2.58. The van der Waals surface area contributed by atoms with Crippen molar-refractivity contribution in [3.05, 3.63) is 0 Å². The maximum Gasteiger partial charge on any atom is 0.109 e. The predicted octanol–water partition coefficient (Wildman–Crippen LogP) is 1.71. The van der Waals surface area contributed by atoms with Crippen LogP contribution in [-0.4, -0.2) is 45.1 Å². The molecule has 1 saturated carbocycles. The van der Waals surface area contributed by atoms with Gasteiger partial charge in [0.15, 0.2) is 0 Å². The second-order valence-electron chi connectivity index (χ2n) is 7.41. The molecule has 3 unspecified atom stereocenters. The molecule has 2 aliphatic heterocycles. The molecule has 0 aromatic carbocycles. The highest BCUT2D eigenvalue weighted by Crippen LogP contribution is 2.51. The molecule has 96 valence electrons. The molecular weight excluding hydrogens is 209 g/mol. The number of hydrogen-bond acceptors (Lipinski definition) is 2. The predicted molar refractivity (Wildman–Crippen MR) is 73.2 cm³/mol. The molecule has 0 radical (unpaired) electrons. The van der Waals surface area contributed by atoms with Crippen LogP contribution in [0, 0.1) is 11.8 Å². The van der Waals surface area contributed by atoms with Gasteiger partial charge in [0, 0.05) is 0 Å². The quantitative estimate of drug-likeness (QED) is 0.593. The van der Waals surface area contributed by atoms with Crippen LogP contribution in [-0.2, 0) is 4.74 Å². The molecule has 17 heavy (non-hydrogen) atoms. The molecule has 2 heterocycles. The summed E-state index contributed by atoms with van der Waals surface area (Å²) in [7, 11) is 4.77. The van der Waals surface area contributed by atoms with Gasteiger partial charge in [0.2, 0.25) is 0 Å². The average molecular weight is 235 g/mol. The van der Waals surface area contributed by atoms with E-state index >= 15 is 0 Å². The largest absolute Gasteiger partial charge is 0.377 e. The number of fused-ring (bicyclic) bond motifs is 2. The number of nitrogens with zero attached hydrogens (tertiary/aromatic N) is 1. The number of hydrogen-bond donors (Lipinski definition) is 0. The van der Waals surface area contributed by atoms with Crippen LogP contribution in [0.1, 0.15) is 39.0 Å². The standard InChI is InChI=1S/C14H26BNO/c1-13(15)6-3-11-5-8-16(2)14(9-17-10-14)12(11)4-7-13/h11-12H,3-10,15H2,1-2H3. The van der Waals surface area contributed by atoms with Crippen molar-refractivity contribution < 1.29 is 4.74 Å². The highest BCUT2D eigenvalue weighted by molar-refractivity contribution is 6.14. The summed E-state index contributed by atoms with van der Waals surface area (Å²) in [5.41, 5.74) is 0.420. The fraction of sp³-hybridized carbons (Fsp3) is 1.00. The molecule has 1 spiro atoms. The third-order valence-electron chi connectivity index (χ3n) is 5.88. The van der Waals surface area contributed by atoms with Crippen molar-refractivity contribution in [3.8, 4) is 0 Å². The zero-order valence-electron chi connectivity index (χ0n) is 11.7. The van der Waals surface area contributed by atoms with Crippen LogP contribution in [0.5, 0.6) is 0 Å². The molecule has 0 bridgehead atoms. The molecule has 3 heteroatoms. The van der Waals surface area contributed by atoms with Gasteiger partial charge in [-0.25, -0.2) is 0 Å². The lowest BCUT2D eigenvalue weighted by molar-refractivity contribution is -0.190. The molecule has 3 rings (SSSR count). The minimum Gasteiger partial charge on any atom is -0.377 e. The smallest absolute Gasteiger partial charge is 0.109 e. The van der Waals surface area contributed by atoms with Crippen LogP contribution >= 0.6 is 0 Å². The third-order valence-corrected chi connectivity index (χ3v) is 5.88. The average Bonchev–Trinajstić information content (AvgIpc) is 2.36. The Balaban J connectivity index is 1.82. The highest BCUT2D eigenvalue weighted by atomic mass is 16.5. The Bertz CT molecular complexity index is 301. The summed E-state index contributed by atoms with van der Waals surface area (Å²) in [6.45, 7) is 5.72. The number of likely N-dealkylation sites (N-methyl/N-ethyl adjacent to an activating group) is 1.